The quantitative estimate of drug-likeness (QED) is 0.330. The standard InChI is InChI=1S/C23H21BrN4O3/c1-16-7-5-6-10-20(16)27-23(30)28-25-14-17-11-12-21(19(24)13-17)31-15-22(29)26-18-8-3-2-4-9-18/h2-14H,15H2,1H3,(H,26,29)(H2,27,28,30). The van der Waals surface area contributed by atoms with Crippen LogP contribution in [0.2, 0.25) is 0 Å². The van der Waals surface area contributed by atoms with Gasteiger partial charge in [-0.2, -0.15) is 5.10 Å². The molecule has 0 aliphatic carbocycles. The summed E-state index contributed by atoms with van der Waals surface area (Å²) >= 11 is 3.42. The Morgan fingerprint density at radius 1 is 1.00 bits per heavy atom. The molecule has 3 amide bonds. The van der Waals surface area contributed by atoms with E-state index in [1.807, 2.05) is 49.4 Å². The number of hydrogen-bond acceptors (Lipinski definition) is 4. The van der Waals surface area contributed by atoms with Crippen molar-refractivity contribution >= 4 is 45.5 Å². The maximum atomic E-state index is 12.0. The fourth-order valence-electron chi connectivity index (χ4n) is 2.61. The largest absolute Gasteiger partial charge is 0.483 e. The van der Waals surface area contributed by atoms with Crippen molar-refractivity contribution in [2.24, 2.45) is 5.10 Å². The van der Waals surface area contributed by atoms with Crippen molar-refractivity contribution in [2.75, 3.05) is 17.2 Å². The molecule has 8 heteroatoms. The molecule has 7 nitrogen and oxygen atoms in total. The van der Waals surface area contributed by atoms with Gasteiger partial charge in [0.25, 0.3) is 5.91 Å². The number of hydrogen-bond donors (Lipinski definition) is 3. The molecule has 0 aromatic heterocycles. The van der Waals surface area contributed by atoms with Crippen LogP contribution in [-0.2, 0) is 4.79 Å². The summed E-state index contributed by atoms with van der Waals surface area (Å²) in [6.07, 6.45) is 1.51. The molecule has 3 aromatic carbocycles. The van der Waals surface area contributed by atoms with Crippen LogP contribution in [0, 0.1) is 6.92 Å². The van der Waals surface area contributed by atoms with E-state index in [-0.39, 0.29) is 12.5 Å². The topological polar surface area (TPSA) is 91.8 Å². The number of hydrazone groups is 1. The molecular formula is C23H21BrN4O3. The number of anilines is 2. The number of benzene rings is 3. The molecule has 0 heterocycles. The van der Waals surface area contributed by atoms with Gasteiger partial charge in [-0.05, 0) is 70.4 Å². The highest BCUT2D eigenvalue weighted by atomic mass is 79.9. The normalized spacial score (nSPS) is 10.5. The molecule has 0 aliphatic rings. The lowest BCUT2D eigenvalue weighted by Crippen LogP contribution is -2.24. The highest BCUT2D eigenvalue weighted by molar-refractivity contribution is 9.10. The van der Waals surface area contributed by atoms with Gasteiger partial charge in [-0.25, -0.2) is 10.2 Å². The Morgan fingerprint density at radius 3 is 2.48 bits per heavy atom. The molecule has 0 radical (unpaired) electrons. The van der Waals surface area contributed by atoms with Gasteiger partial charge in [-0.1, -0.05) is 36.4 Å². The van der Waals surface area contributed by atoms with Crippen molar-refractivity contribution in [1.29, 1.82) is 0 Å². The minimum atomic E-state index is -0.436. The van der Waals surface area contributed by atoms with E-state index in [0.29, 0.717) is 15.9 Å². The number of amides is 3. The van der Waals surface area contributed by atoms with E-state index >= 15 is 0 Å². The lowest BCUT2D eigenvalue weighted by molar-refractivity contribution is -0.118. The van der Waals surface area contributed by atoms with E-state index in [9.17, 15) is 9.59 Å². The minimum Gasteiger partial charge on any atom is -0.483 e. The van der Waals surface area contributed by atoms with Crippen molar-refractivity contribution in [3.05, 3.63) is 88.4 Å². The van der Waals surface area contributed by atoms with Gasteiger partial charge in [0.1, 0.15) is 5.75 Å². The number of carbonyl (C=O) groups is 2. The van der Waals surface area contributed by atoms with Crippen LogP contribution in [0.1, 0.15) is 11.1 Å². The molecule has 0 spiro atoms. The molecule has 0 unspecified atom stereocenters. The predicted molar refractivity (Wildman–Crippen MR) is 126 cm³/mol. The first-order valence-corrected chi connectivity index (χ1v) is 10.2. The van der Waals surface area contributed by atoms with Crippen molar-refractivity contribution in [1.82, 2.24) is 5.43 Å². The summed E-state index contributed by atoms with van der Waals surface area (Å²) in [5.74, 6) is 0.262. The lowest BCUT2D eigenvalue weighted by Gasteiger charge is -2.09. The maximum Gasteiger partial charge on any atom is 0.339 e. The van der Waals surface area contributed by atoms with Crippen LogP contribution in [0.25, 0.3) is 0 Å². The molecule has 0 saturated carbocycles. The number of para-hydroxylation sites is 2. The van der Waals surface area contributed by atoms with Gasteiger partial charge in [0, 0.05) is 11.4 Å². The number of urea groups is 1. The zero-order chi connectivity index (χ0) is 22.1. The van der Waals surface area contributed by atoms with Crippen LogP contribution in [-0.4, -0.2) is 24.8 Å². The first-order valence-electron chi connectivity index (χ1n) is 9.44. The zero-order valence-electron chi connectivity index (χ0n) is 16.8. The Labute approximate surface area is 188 Å². The summed E-state index contributed by atoms with van der Waals surface area (Å²) in [6, 6.07) is 21.4. The van der Waals surface area contributed by atoms with Gasteiger partial charge < -0.3 is 15.4 Å². The molecule has 3 N–H and O–H groups in total. The van der Waals surface area contributed by atoms with Crippen LogP contribution in [0.15, 0.2) is 82.4 Å². The molecule has 0 bridgehead atoms. The summed E-state index contributed by atoms with van der Waals surface area (Å²) in [4.78, 5) is 24.0. The molecule has 0 atom stereocenters. The first-order chi connectivity index (χ1) is 15.0. The smallest absolute Gasteiger partial charge is 0.339 e. The number of aryl methyl sites for hydroxylation is 1. The third-order valence-corrected chi connectivity index (χ3v) is 4.76. The summed E-state index contributed by atoms with van der Waals surface area (Å²) in [5.41, 5.74) is 5.55. The van der Waals surface area contributed by atoms with Crippen LogP contribution < -0.4 is 20.8 Å². The van der Waals surface area contributed by atoms with Crippen molar-refractivity contribution in [3.8, 4) is 5.75 Å². The second-order valence-corrected chi connectivity index (χ2v) is 7.39. The lowest BCUT2D eigenvalue weighted by atomic mass is 10.2. The molecule has 3 aromatic rings. The van der Waals surface area contributed by atoms with Gasteiger partial charge in [-0.15, -0.1) is 0 Å². The number of halogens is 1. The number of nitrogens with one attached hydrogen (secondary N) is 3. The van der Waals surface area contributed by atoms with E-state index in [1.54, 1.807) is 30.3 Å². The minimum absolute atomic E-state index is 0.123. The third-order valence-electron chi connectivity index (χ3n) is 4.15. The summed E-state index contributed by atoms with van der Waals surface area (Å²) in [6.45, 7) is 1.78. The average Bonchev–Trinajstić information content (AvgIpc) is 2.75. The molecule has 158 valence electrons. The Bertz CT molecular complexity index is 1090. The molecule has 31 heavy (non-hydrogen) atoms. The molecule has 3 rings (SSSR count). The number of carbonyl (C=O) groups excluding carboxylic acids is 2. The molecule has 0 saturated heterocycles. The van der Waals surface area contributed by atoms with Crippen LogP contribution in [0.3, 0.4) is 0 Å². The fourth-order valence-corrected chi connectivity index (χ4v) is 3.12. The zero-order valence-corrected chi connectivity index (χ0v) is 18.3. The molecule has 0 aliphatic heterocycles. The van der Waals surface area contributed by atoms with Gasteiger partial charge >= 0.3 is 6.03 Å². The van der Waals surface area contributed by atoms with Crippen LogP contribution in [0.5, 0.6) is 5.75 Å². The Balaban J connectivity index is 1.49. The monoisotopic (exact) mass is 480 g/mol. The number of ether oxygens (including phenoxy) is 1. The highest BCUT2D eigenvalue weighted by Crippen LogP contribution is 2.25. The van der Waals surface area contributed by atoms with Crippen LogP contribution >= 0.6 is 15.9 Å². The average molecular weight is 481 g/mol. The van der Waals surface area contributed by atoms with E-state index in [0.717, 1.165) is 16.8 Å². The van der Waals surface area contributed by atoms with Crippen molar-refractivity contribution in [2.45, 2.75) is 6.92 Å². The number of nitrogens with zero attached hydrogens (tertiary/aromatic N) is 1. The predicted octanol–water partition coefficient (Wildman–Crippen LogP) is 4.93. The van der Waals surface area contributed by atoms with Gasteiger partial charge in [0.15, 0.2) is 6.61 Å². The Hall–Kier alpha value is -3.65. The van der Waals surface area contributed by atoms with Crippen molar-refractivity contribution < 1.29 is 14.3 Å². The molecular weight excluding hydrogens is 460 g/mol. The first kappa shape index (κ1) is 22.0. The fraction of sp³-hybridized carbons (Fsp3) is 0.0870. The van der Waals surface area contributed by atoms with Gasteiger partial charge in [-0.3, -0.25) is 4.79 Å². The second-order valence-electron chi connectivity index (χ2n) is 6.53. The third kappa shape index (κ3) is 6.97. The van der Waals surface area contributed by atoms with E-state index in [2.05, 4.69) is 37.1 Å². The van der Waals surface area contributed by atoms with E-state index in [1.165, 1.54) is 6.21 Å². The highest BCUT2D eigenvalue weighted by Gasteiger charge is 2.07. The van der Waals surface area contributed by atoms with E-state index in [4.69, 9.17) is 4.74 Å². The van der Waals surface area contributed by atoms with Gasteiger partial charge in [0.2, 0.25) is 0 Å². The summed E-state index contributed by atoms with van der Waals surface area (Å²) in [5, 5.41) is 9.43. The Kier molecular flexibility index (Phi) is 7.78. The second kappa shape index (κ2) is 10.9. The molecule has 0 fully saturated rings. The maximum absolute atomic E-state index is 12.0. The van der Waals surface area contributed by atoms with Gasteiger partial charge in [0.05, 0.1) is 10.7 Å². The summed E-state index contributed by atoms with van der Waals surface area (Å²) in [7, 11) is 0. The van der Waals surface area contributed by atoms with Crippen molar-refractivity contribution in [3.63, 3.8) is 0 Å². The number of rotatable bonds is 7. The SMILES string of the molecule is Cc1ccccc1NC(=O)NN=Cc1ccc(OCC(=O)Nc2ccccc2)c(Br)c1. The van der Waals surface area contributed by atoms with E-state index < -0.39 is 6.03 Å². The Morgan fingerprint density at radius 2 is 1.74 bits per heavy atom. The summed E-state index contributed by atoms with van der Waals surface area (Å²) < 4.78 is 6.22. The van der Waals surface area contributed by atoms with Crippen LogP contribution in [0.4, 0.5) is 16.2 Å².